The topological polar surface area (TPSA) is 19.0 Å². The molecule has 183 valence electrons. The van der Waals surface area contributed by atoms with E-state index in [0.717, 1.165) is 46.8 Å². The van der Waals surface area contributed by atoms with Gasteiger partial charge in [0.1, 0.15) is 11.6 Å². The number of benzene rings is 2. The smallest absolute Gasteiger partial charge is 0.496 e. The van der Waals surface area contributed by atoms with E-state index in [0.29, 0.717) is 6.54 Å². The predicted molar refractivity (Wildman–Crippen MR) is 141 cm³/mol. The molecule has 0 spiro atoms. The average Bonchev–Trinajstić information content (AvgIpc) is 3.24. The average molecular weight is 598 g/mol. The fraction of sp³-hybridized carbons (Fsp3) is 0.375. The Hall–Kier alpha value is -0.757. The number of aryl methyl sites for hydroxylation is 2. The van der Waals surface area contributed by atoms with Gasteiger partial charge in [0.15, 0.2) is 0 Å². The van der Waals surface area contributed by atoms with Crippen molar-refractivity contribution >= 4 is 47.3 Å². The SMILES string of the molecule is COc1c(C)cc(N(C)Cc2ccc(F)cc2/C=C\Cl)cc1C.CSN1[CH-]N(SC)CC1.[Ru+]. The first kappa shape index (κ1) is 30.3. The molecule has 1 fully saturated rings. The Morgan fingerprint density at radius 3 is 2.15 bits per heavy atom. The van der Waals surface area contributed by atoms with Gasteiger partial charge in [-0.2, -0.15) is 6.67 Å². The molecule has 0 saturated carbocycles. The van der Waals surface area contributed by atoms with Gasteiger partial charge in [0.2, 0.25) is 0 Å². The van der Waals surface area contributed by atoms with Crippen LogP contribution in [0.3, 0.4) is 0 Å². The number of methoxy groups -OCH3 is 1. The molecule has 3 rings (SSSR count). The van der Waals surface area contributed by atoms with Crippen LogP contribution in [0.4, 0.5) is 10.1 Å². The molecule has 1 aliphatic heterocycles. The third-order valence-electron chi connectivity index (χ3n) is 5.12. The summed E-state index contributed by atoms with van der Waals surface area (Å²) in [6.45, 7) is 9.17. The van der Waals surface area contributed by atoms with Crippen LogP contribution in [0, 0.1) is 26.3 Å². The van der Waals surface area contributed by atoms with E-state index in [2.05, 4.69) is 44.8 Å². The van der Waals surface area contributed by atoms with Gasteiger partial charge in [0, 0.05) is 24.8 Å². The fourth-order valence-electron chi connectivity index (χ4n) is 3.48. The van der Waals surface area contributed by atoms with Crippen molar-refractivity contribution in [3.63, 3.8) is 0 Å². The van der Waals surface area contributed by atoms with E-state index in [9.17, 15) is 4.39 Å². The third kappa shape index (κ3) is 9.08. The number of anilines is 1. The number of hydrogen-bond acceptors (Lipinski definition) is 6. The molecule has 0 atom stereocenters. The van der Waals surface area contributed by atoms with E-state index < -0.39 is 0 Å². The van der Waals surface area contributed by atoms with Gasteiger partial charge in [-0.1, -0.05) is 17.7 Å². The van der Waals surface area contributed by atoms with E-state index in [1.165, 1.54) is 17.7 Å². The number of halogens is 2. The van der Waals surface area contributed by atoms with Gasteiger partial charge in [-0.15, -0.1) is 23.9 Å². The molecule has 2 aromatic rings. The van der Waals surface area contributed by atoms with Crippen molar-refractivity contribution in [2.24, 2.45) is 0 Å². The molecule has 0 aromatic heterocycles. The Morgan fingerprint density at radius 2 is 1.70 bits per heavy atom. The molecule has 0 amide bonds. The molecule has 1 saturated heterocycles. The van der Waals surface area contributed by atoms with Gasteiger partial charge in [0.25, 0.3) is 0 Å². The first-order valence-corrected chi connectivity index (χ1v) is 13.0. The van der Waals surface area contributed by atoms with Crippen molar-refractivity contribution in [3.8, 4) is 5.75 Å². The monoisotopic (exact) mass is 598 g/mol. The van der Waals surface area contributed by atoms with Gasteiger partial charge in [-0.3, -0.25) is 0 Å². The fourth-order valence-corrected chi connectivity index (χ4v) is 4.62. The van der Waals surface area contributed by atoms with Crippen LogP contribution in [0.2, 0.25) is 0 Å². The van der Waals surface area contributed by atoms with E-state index in [1.54, 1.807) is 43.1 Å². The van der Waals surface area contributed by atoms with Crippen molar-refractivity contribution in [1.82, 2.24) is 8.61 Å². The minimum Gasteiger partial charge on any atom is -0.496 e. The molecular formula is C24H32ClFN3ORuS2. The largest absolute Gasteiger partial charge is 1.00 e. The molecule has 0 aliphatic carbocycles. The van der Waals surface area contributed by atoms with E-state index in [-0.39, 0.29) is 25.3 Å². The van der Waals surface area contributed by atoms with E-state index in [4.69, 9.17) is 16.3 Å². The Kier molecular flexibility index (Phi) is 14.0. The summed E-state index contributed by atoms with van der Waals surface area (Å²) < 4.78 is 23.3. The van der Waals surface area contributed by atoms with Crippen molar-refractivity contribution in [2.75, 3.05) is 44.7 Å². The van der Waals surface area contributed by atoms with E-state index in [1.807, 2.05) is 20.9 Å². The van der Waals surface area contributed by atoms with Crippen LogP contribution < -0.4 is 9.64 Å². The summed E-state index contributed by atoms with van der Waals surface area (Å²) >= 11 is 9.21. The molecule has 1 radical (unpaired) electrons. The summed E-state index contributed by atoms with van der Waals surface area (Å²) in [7, 11) is 3.69. The van der Waals surface area contributed by atoms with Crippen LogP contribution >= 0.6 is 35.5 Å². The normalized spacial score (nSPS) is 14.1. The van der Waals surface area contributed by atoms with Gasteiger partial charge < -0.3 is 18.2 Å². The molecular weight excluding hydrogens is 566 g/mol. The molecule has 1 aliphatic rings. The van der Waals surface area contributed by atoms with Crippen molar-refractivity contribution < 1.29 is 28.6 Å². The molecule has 1 heterocycles. The van der Waals surface area contributed by atoms with Crippen LogP contribution in [0.25, 0.3) is 6.08 Å². The van der Waals surface area contributed by atoms with Crippen LogP contribution in [0.1, 0.15) is 22.3 Å². The summed E-state index contributed by atoms with van der Waals surface area (Å²) in [5, 5.41) is 0. The van der Waals surface area contributed by atoms with Crippen LogP contribution in [0.15, 0.2) is 35.9 Å². The minimum atomic E-state index is -0.266. The minimum absolute atomic E-state index is 0. The predicted octanol–water partition coefficient (Wildman–Crippen LogP) is 6.57. The Bertz CT molecular complexity index is 886. The molecule has 33 heavy (non-hydrogen) atoms. The standard InChI is InChI=1S/C19H21ClFNO.C5H11N2S2.Ru/c1-13-9-18(10-14(2)19(13)23-4)22(3)12-16-5-6-17(21)11-15(16)7-8-20;1-8-6-3-4-7(5-6)9-2;/h5-11H,12H2,1-4H3;5H,3-4H2,1-2H3;/q;-1;+1/b8-7-;;. The van der Waals surface area contributed by atoms with Gasteiger partial charge in [-0.25, -0.2) is 4.39 Å². The van der Waals surface area contributed by atoms with Gasteiger partial charge >= 0.3 is 19.5 Å². The molecule has 0 N–H and O–H groups in total. The van der Waals surface area contributed by atoms with Crippen LogP contribution in [-0.4, -0.2) is 48.4 Å². The maximum absolute atomic E-state index is 13.4. The first-order valence-electron chi connectivity index (χ1n) is 10.2. The number of nitrogens with zero attached hydrogens (tertiary/aromatic N) is 3. The van der Waals surface area contributed by atoms with Gasteiger partial charge in [0.05, 0.1) is 7.11 Å². The Labute approximate surface area is 224 Å². The number of hydrogen-bond donors (Lipinski definition) is 0. The summed E-state index contributed by atoms with van der Waals surface area (Å²) in [5.74, 6) is 0.645. The summed E-state index contributed by atoms with van der Waals surface area (Å²) in [4.78, 5) is 2.12. The molecule has 0 unspecified atom stereocenters. The molecule has 0 bridgehead atoms. The Balaban J connectivity index is 0.000000458. The summed E-state index contributed by atoms with van der Waals surface area (Å²) in [6, 6.07) is 8.94. The maximum atomic E-state index is 13.4. The first-order chi connectivity index (χ1) is 15.3. The molecule has 4 nitrogen and oxygen atoms in total. The second-order valence-corrected chi connectivity index (χ2v) is 9.29. The zero-order chi connectivity index (χ0) is 23.7. The van der Waals surface area contributed by atoms with Crippen molar-refractivity contribution in [2.45, 2.75) is 20.4 Å². The molecule has 2 aromatic carbocycles. The zero-order valence-electron chi connectivity index (χ0n) is 19.9. The zero-order valence-corrected chi connectivity index (χ0v) is 24.0. The summed E-state index contributed by atoms with van der Waals surface area (Å²) in [6.07, 6.45) is 5.90. The maximum Gasteiger partial charge on any atom is 1.00 e. The molecule has 9 heteroatoms. The van der Waals surface area contributed by atoms with E-state index >= 15 is 0 Å². The second kappa shape index (κ2) is 15.3. The number of ether oxygens (including phenoxy) is 1. The van der Waals surface area contributed by atoms with Crippen LogP contribution in [0.5, 0.6) is 5.75 Å². The Morgan fingerprint density at radius 1 is 1.12 bits per heavy atom. The van der Waals surface area contributed by atoms with Crippen molar-refractivity contribution in [1.29, 1.82) is 0 Å². The summed E-state index contributed by atoms with van der Waals surface area (Å²) in [5.41, 5.74) is 6.47. The van der Waals surface area contributed by atoms with Crippen LogP contribution in [-0.2, 0) is 26.0 Å². The second-order valence-electron chi connectivity index (χ2n) is 7.37. The number of rotatable bonds is 7. The quantitative estimate of drug-likeness (QED) is 0.203. The third-order valence-corrected chi connectivity index (χ3v) is 6.73. The van der Waals surface area contributed by atoms with Gasteiger partial charge in [-0.05, 0) is 92.0 Å². The van der Waals surface area contributed by atoms with Crippen molar-refractivity contribution in [3.05, 3.63) is 70.6 Å².